The van der Waals surface area contributed by atoms with Gasteiger partial charge in [-0.05, 0) is 52.5 Å². The number of aryl methyl sites for hydroxylation is 2. The molecule has 1 saturated carbocycles. The first-order valence-corrected chi connectivity index (χ1v) is 8.69. The lowest BCUT2D eigenvalue weighted by Gasteiger charge is -2.48. The smallest absolute Gasteiger partial charge is 0.244 e. The van der Waals surface area contributed by atoms with Crippen LogP contribution in [0.4, 0.5) is 0 Å². The lowest BCUT2D eigenvalue weighted by atomic mass is 9.70. The van der Waals surface area contributed by atoms with E-state index in [1.54, 1.807) is 13.8 Å². The van der Waals surface area contributed by atoms with Gasteiger partial charge in [0.15, 0.2) is 0 Å². The second-order valence-corrected chi connectivity index (χ2v) is 7.79. The zero-order valence-corrected chi connectivity index (χ0v) is 12.8. The summed E-state index contributed by atoms with van der Waals surface area (Å²) in [6.45, 7) is 4.34. The molecule has 6 nitrogen and oxygen atoms in total. The summed E-state index contributed by atoms with van der Waals surface area (Å²) in [4.78, 5) is 0.304. The van der Waals surface area contributed by atoms with Crippen molar-refractivity contribution in [2.75, 3.05) is 6.54 Å². The van der Waals surface area contributed by atoms with Gasteiger partial charge in [-0.15, -0.1) is 0 Å². The van der Waals surface area contributed by atoms with E-state index in [1.807, 2.05) is 0 Å². The molecule has 1 aliphatic carbocycles. The summed E-state index contributed by atoms with van der Waals surface area (Å²) in [6, 6.07) is 0.0234. The van der Waals surface area contributed by atoms with Crippen molar-refractivity contribution in [3.05, 3.63) is 11.4 Å². The largest absolute Gasteiger partial charge is 0.311 e. The third kappa shape index (κ3) is 2.38. The number of piperidine rings is 1. The zero-order valence-electron chi connectivity index (χ0n) is 12.0. The summed E-state index contributed by atoms with van der Waals surface area (Å²) < 4.78 is 27.9. The van der Waals surface area contributed by atoms with Crippen LogP contribution in [0, 0.1) is 13.8 Å². The highest BCUT2D eigenvalue weighted by Crippen LogP contribution is 2.38. The van der Waals surface area contributed by atoms with Crippen LogP contribution in [-0.2, 0) is 10.0 Å². The Labute approximate surface area is 119 Å². The summed E-state index contributed by atoms with van der Waals surface area (Å²) in [6.07, 6.45) is 5.30. The topological polar surface area (TPSA) is 86.9 Å². The van der Waals surface area contributed by atoms with E-state index in [9.17, 15) is 8.42 Å². The number of sulfonamides is 1. The number of rotatable bonds is 3. The monoisotopic (exact) mass is 298 g/mol. The maximum atomic E-state index is 12.5. The van der Waals surface area contributed by atoms with Gasteiger partial charge in [0.1, 0.15) is 4.90 Å². The van der Waals surface area contributed by atoms with E-state index >= 15 is 0 Å². The highest BCUT2D eigenvalue weighted by molar-refractivity contribution is 7.89. The van der Waals surface area contributed by atoms with Crippen molar-refractivity contribution in [2.24, 2.45) is 0 Å². The first-order chi connectivity index (χ1) is 9.42. The molecular weight excluding hydrogens is 276 g/mol. The molecular formula is C13H22N4O2S. The van der Waals surface area contributed by atoms with Crippen LogP contribution >= 0.6 is 0 Å². The van der Waals surface area contributed by atoms with E-state index < -0.39 is 10.0 Å². The molecule has 3 N–H and O–H groups in total. The minimum atomic E-state index is -3.48. The van der Waals surface area contributed by atoms with Gasteiger partial charge in [-0.1, -0.05) is 0 Å². The van der Waals surface area contributed by atoms with Crippen LogP contribution < -0.4 is 10.0 Å². The molecule has 0 bridgehead atoms. The number of hydrogen-bond acceptors (Lipinski definition) is 4. The van der Waals surface area contributed by atoms with Crippen LogP contribution in [-0.4, -0.2) is 36.7 Å². The van der Waals surface area contributed by atoms with Gasteiger partial charge in [0, 0.05) is 11.6 Å². The summed E-state index contributed by atoms with van der Waals surface area (Å²) in [5.74, 6) is 0. The van der Waals surface area contributed by atoms with Gasteiger partial charge in [-0.3, -0.25) is 5.10 Å². The fourth-order valence-electron chi connectivity index (χ4n) is 3.46. The third-order valence-corrected chi connectivity index (χ3v) is 6.37. The average Bonchev–Trinajstić information content (AvgIpc) is 2.67. The maximum absolute atomic E-state index is 12.5. The molecule has 2 heterocycles. The Morgan fingerprint density at radius 1 is 1.35 bits per heavy atom. The molecule has 112 valence electrons. The van der Waals surface area contributed by atoms with Crippen molar-refractivity contribution in [3.8, 4) is 0 Å². The molecule has 1 saturated heterocycles. The van der Waals surface area contributed by atoms with Gasteiger partial charge in [0.05, 0.1) is 11.4 Å². The fraction of sp³-hybridized carbons (Fsp3) is 0.769. The minimum Gasteiger partial charge on any atom is -0.311 e. The van der Waals surface area contributed by atoms with Crippen molar-refractivity contribution < 1.29 is 8.42 Å². The molecule has 1 aromatic heterocycles. The van der Waals surface area contributed by atoms with Crippen molar-refractivity contribution in [1.29, 1.82) is 0 Å². The quantitative estimate of drug-likeness (QED) is 0.776. The molecule has 2 fully saturated rings. The van der Waals surface area contributed by atoms with Crippen LogP contribution in [0.25, 0.3) is 0 Å². The van der Waals surface area contributed by atoms with Crippen molar-refractivity contribution >= 4 is 10.0 Å². The van der Waals surface area contributed by atoms with E-state index in [4.69, 9.17) is 0 Å². The second-order valence-electron chi connectivity index (χ2n) is 6.13. The van der Waals surface area contributed by atoms with Gasteiger partial charge in [0.2, 0.25) is 10.0 Å². The second kappa shape index (κ2) is 4.82. The van der Waals surface area contributed by atoms with Crippen molar-refractivity contribution in [1.82, 2.24) is 20.2 Å². The SMILES string of the molecule is Cc1n[nH]c(C)c1S(=O)(=O)NC1CCNC2(CCC2)C1. The van der Waals surface area contributed by atoms with Crippen LogP contribution in [0.2, 0.25) is 0 Å². The van der Waals surface area contributed by atoms with Crippen LogP contribution in [0.1, 0.15) is 43.5 Å². The molecule has 3 rings (SSSR count). The van der Waals surface area contributed by atoms with Crippen molar-refractivity contribution in [2.45, 2.75) is 62.4 Å². The van der Waals surface area contributed by atoms with Gasteiger partial charge in [-0.25, -0.2) is 13.1 Å². The molecule has 1 spiro atoms. The standard InChI is InChI=1S/C13H22N4O2S/c1-9-12(10(2)16-15-9)20(18,19)17-11-4-7-14-13(8-11)5-3-6-13/h11,14,17H,3-8H2,1-2H3,(H,15,16). The van der Waals surface area contributed by atoms with E-state index in [0.717, 1.165) is 32.2 Å². The van der Waals surface area contributed by atoms with Crippen LogP contribution in [0.15, 0.2) is 4.90 Å². The van der Waals surface area contributed by atoms with Gasteiger partial charge < -0.3 is 5.32 Å². The molecule has 0 amide bonds. The molecule has 0 radical (unpaired) electrons. The third-order valence-electron chi connectivity index (χ3n) is 4.59. The zero-order chi connectivity index (χ0) is 14.4. The minimum absolute atomic E-state index is 0.0234. The summed E-state index contributed by atoms with van der Waals surface area (Å²) >= 11 is 0. The van der Waals surface area contributed by atoms with E-state index in [-0.39, 0.29) is 11.6 Å². The Balaban J connectivity index is 1.76. The van der Waals surface area contributed by atoms with Gasteiger partial charge in [0.25, 0.3) is 0 Å². The summed E-state index contributed by atoms with van der Waals surface area (Å²) in [5, 5.41) is 10.3. The Kier molecular flexibility index (Phi) is 3.38. The molecule has 20 heavy (non-hydrogen) atoms. The number of hydrogen-bond donors (Lipinski definition) is 3. The lowest BCUT2D eigenvalue weighted by Crippen LogP contribution is -2.59. The molecule has 1 aliphatic heterocycles. The van der Waals surface area contributed by atoms with Crippen LogP contribution in [0.3, 0.4) is 0 Å². The maximum Gasteiger partial charge on any atom is 0.244 e. The Morgan fingerprint density at radius 3 is 2.65 bits per heavy atom. The summed E-state index contributed by atoms with van der Waals surface area (Å²) in [7, 11) is -3.48. The number of nitrogens with zero attached hydrogens (tertiary/aromatic N) is 1. The van der Waals surface area contributed by atoms with Crippen LogP contribution in [0.5, 0.6) is 0 Å². The highest BCUT2D eigenvalue weighted by Gasteiger charge is 2.42. The Bertz CT molecular complexity index is 584. The number of aromatic nitrogens is 2. The predicted molar refractivity (Wildman–Crippen MR) is 76.0 cm³/mol. The Hall–Kier alpha value is -0.920. The Morgan fingerprint density at radius 2 is 2.10 bits per heavy atom. The normalized spacial score (nSPS) is 25.6. The first-order valence-electron chi connectivity index (χ1n) is 7.21. The number of H-pyrrole nitrogens is 1. The predicted octanol–water partition coefficient (Wildman–Crippen LogP) is 0.980. The fourth-order valence-corrected chi connectivity index (χ4v) is 5.10. The van der Waals surface area contributed by atoms with E-state index in [1.165, 1.54) is 6.42 Å². The molecule has 0 aromatic carbocycles. The number of nitrogens with one attached hydrogen (secondary N) is 3. The van der Waals surface area contributed by atoms with Gasteiger partial charge in [-0.2, -0.15) is 5.10 Å². The lowest BCUT2D eigenvalue weighted by molar-refractivity contribution is 0.126. The molecule has 1 unspecified atom stereocenters. The first kappa shape index (κ1) is 14.0. The van der Waals surface area contributed by atoms with E-state index in [0.29, 0.717) is 16.3 Å². The summed E-state index contributed by atoms with van der Waals surface area (Å²) in [5.41, 5.74) is 1.32. The average molecular weight is 298 g/mol. The van der Waals surface area contributed by atoms with Crippen molar-refractivity contribution in [3.63, 3.8) is 0 Å². The molecule has 1 atom stereocenters. The molecule has 7 heteroatoms. The molecule has 2 aliphatic rings. The molecule has 1 aromatic rings. The number of aromatic amines is 1. The highest BCUT2D eigenvalue weighted by atomic mass is 32.2. The van der Waals surface area contributed by atoms with E-state index in [2.05, 4.69) is 20.2 Å². The van der Waals surface area contributed by atoms with Gasteiger partial charge >= 0.3 is 0 Å².